The highest BCUT2D eigenvalue weighted by atomic mass is 16.2. The number of fused-ring (bicyclic) bond motifs is 1. The maximum Gasteiger partial charge on any atom is 0.319 e. The van der Waals surface area contributed by atoms with Crippen LogP contribution in [0.3, 0.4) is 0 Å². The Kier molecular flexibility index (Phi) is 5.54. The number of pyridine rings is 1. The number of nitrogens with zero attached hydrogens (tertiary/aromatic N) is 2. The van der Waals surface area contributed by atoms with E-state index < -0.39 is 0 Å². The summed E-state index contributed by atoms with van der Waals surface area (Å²) in [6, 6.07) is 19.6. The molecule has 0 aliphatic rings. The molecule has 0 saturated heterocycles. The van der Waals surface area contributed by atoms with Gasteiger partial charge in [-0.25, -0.2) is 4.79 Å². The molecular weight excluding hydrogens is 362 g/mol. The average Bonchev–Trinajstić information content (AvgIpc) is 3.13. The van der Waals surface area contributed by atoms with Crippen LogP contribution in [0, 0.1) is 0 Å². The highest BCUT2D eigenvalue weighted by Gasteiger charge is 2.09. The Labute approximate surface area is 169 Å². The Balaban J connectivity index is 1.47. The van der Waals surface area contributed by atoms with E-state index in [4.69, 9.17) is 5.73 Å². The number of hydrogen-bond acceptors (Lipinski definition) is 3. The normalized spacial score (nSPS) is 10.8. The van der Waals surface area contributed by atoms with E-state index in [1.54, 1.807) is 12.4 Å². The number of rotatable bonds is 6. The maximum absolute atomic E-state index is 12.1. The van der Waals surface area contributed by atoms with Gasteiger partial charge in [-0.1, -0.05) is 24.3 Å². The van der Waals surface area contributed by atoms with E-state index in [1.165, 1.54) is 10.9 Å². The predicted molar refractivity (Wildman–Crippen MR) is 116 cm³/mol. The monoisotopic (exact) mass is 385 g/mol. The van der Waals surface area contributed by atoms with Crippen LogP contribution in [0.1, 0.15) is 11.1 Å². The standard InChI is InChI=1S/C23H23N5O/c24-12-11-18-16-28(22-6-2-1-5-21(18)22)20-9-7-19(8-10-20)27-23(29)26-15-17-4-3-13-25-14-17/h1-10,13-14,16H,11-12,15,24H2,(H2,26,27,29). The van der Waals surface area contributed by atoms with Crippen molar-refractivity contribution in [1.29, 1.82) is 0 Å². The second-order valence-corrected chi connectivity index (χ2v) is 6.80. The molecule has 29 heavy (non-hydrogen) atoms. The molecule has 2 aromatic carbocycles. The Morgan fingerprint density at radius 3 is 2.62 bits per heavy atom. The Morgan fingerprint density at radius 1 is 1.03 bits per heavy atom. The van der Waals surface area contributed by atoms with Gasteiger partial charge in [0.15, 0.2) is 0 Å². The quantitative estimate of drug-likeness (QED) is 0.471. The van der Waals surface area contributed by atoms with Crippen LogP contribution < -0.4 is 16.4 Å². The molecule has 0 unspecified atom stereocenters. The zero-order valence-corrected chi connectivity index (χ0v) is 16.0. The van der Waals surface area contributed by atoms with Gasteiger partial charge in [0.1, 0.15) is 0 Å². The third kappa shape index (κ3) is 4.28. The van der Waals surface area contributed by atoms with Crippen LogP contribution in [-0.2, 0) is 13.0 Å². The summed E-state index contributed by atoms with van der Waals surface area (Å²) in [5.74, 6) is 0. The van der Waals surface area contributed by atoms with Crippen LogP contribution >= 0.6 is 0 Å². The van der Waals surface area contributed by atoms with Gasteiger partial charge < -0.3 is 20.9 Å². The van der Waals surface area contributed by atoms with Crippen molar-refractivity contribution in [2.24, 2.45) is 5.73 Å². The molecule has 2 heterocycles. The number of amides is 2. The number of nitrogens with one attached hydrogen (secondary N) is 2. The van der Waals surface area contributed by atoms with E-state index in [0.29, 0.717) is 13.1 Å². The minimum absolute atomic E-state index is 0.252. The average molecular weight is 385 g/mol. The number of para-hydroxylation sites is 1. The molecule has 146 valence electrons. The van der Waals surface area contributed by atoms with Crippen LogP contribution in [-0.4, -0.2) is 22.1 Å². The van der Waals surface area contributed by atoms with Crippen molar-refractivity contribution in [3.05, 3.63) is 90.4 Å². The number of benzene rings is 2. The Bertz CT molecular complexity index is 1100. The molecule has 0 bridgehead atoms. The number of hydrogen-bond donors (Lipinski definition) is 3. The van der Waals surface area contributed by atoms with Crippen LogP contribution in [0.4, 0.5) is 10.5 Å². The van der Waals surface area contributed by atoms with Gasteiger partial charge in [-0.05, 0) is 60.5 Å². The lowest BCUT2D eigenvalue weighted by atomic mass is 10.1. The van der Waals surface area contributed by atoms with Crippen molar-refractivity contribution in [1.82, 2.24) is 14.9 Å². The summed E-state index contributed by atoms with van der Waals surface area (Å²) in [5.41, 5.74) is 10.9. The SMILES string of the molecule is NCCc1cn(-c2ccc(NC(=O)NCc3cccnc3)cc2)c2ccccc12. The molecule has 4 N–H and O–H groups in total. The lowest BCUT2D eigenvalue weighted by Crippen LogP contribution is -2.28. The number of urea groups is 1. The highest BCUT2D eigenvalue weighted by Crippen LogP contribution is 2.25. The largest absolute Gasteiger partial charge is 0.334 e. The van der Waals surface area contributed by atoms with E-state index in [0.717, 1.165) is 28.9 Å². The molecular formula is C23H23N5O. The number of nitrogens with two attached hydrogens (primary N) is 1. The van der Waals surface area contributed by atoms with Crippen molar-refractivity contribution in [3.63, 3.8) is 0 Å². The minimum atomic E-state index is -0.252. The molecule has 6 nitrogen and oxygen atoms in total. The van der Waals surface area contributed by atoms with Crippen LogP contribution in [0.25, 0.3) is 16.6 Å². The van der Waals surface area contributed by atoms with E-state index in [-0.39, 0.29) is 6.03 Å². The fourth-order valence-electron chi connectivity index (χ4n) is 3.38. The second-order valence-electron chi connectivity index (χ2n) is 6.80. The summed E-state index contributed by atoms with van der Waals surface area (Å²) in [7, 11) is 0. The first-order valence-corrected chi connectivity index (χ1v) is 9.58. The van der Waals surface area contributed by atoms with Gasteiger partial charge in [-0.2, -0.15) is 0 Å². The fourth-order valence-corrected chi connectivity index (χ4v) is 3.38. The fraction of sp³-hybridized carbons (Fsp3) is 0.130. The molecule has 4 rings (SSSR count). The zero-order valence-electron chi connectivity index (χ0n) is 16.0. The lowest BCUT2D eigenvalue weighted by molar-refractivity contribution is 0.251. The van der Waals surface area contributed by atoms with Crippen LogP contribution in [0.15, 0.2) is 79.3 Å². The lowest BCUT2D eigenvalue weighted by Gasteiger charge is -2.09. The van der Waals surface area contributed by atoms with Crippen LogP contribution in [0.2, 0.25) is 0 Å². The topological polar surface area (TPSA) is 85.0 Å². The number of anilines is 1. The van der Waals surface area contributed by atoms with Gasteiger partial charge in [0.05, 0.1) is 5.52 Å². The molecule has 0 fully saturated rings. The maximum atomic E-state index is 12.1. The highest BCUT2D eigenvalue weighted by molar-refractivity contribution is 5.89. The van der Waals surface area contributed by atoms with Gasteiger partial charge in [0.25, 0.3) is 0 Å². The van der Waals surface area contributed by atoms with Crippen molar-refractivity contribution >= 4 is 22.6 Å². The van der Waals surface area contributed by atoms with Crippen molar-refractivity contribution in [2.45, 2.75) is 13.0 Å². The molecule has 0 aliphatic heterocycles. The summed E-state index contributed by atoms with van der Waals surface area (Å²) < 4.78 is 2.16. The van der Waals surface area contributed by atoms with E-state index in [2.05, 4.69) is 38.5 Å². The molecule has 0 atom stereocenters. The van der Waals surface area contributed by atoms with E-state index in [1.807, 2.05) is 48.5 Å². The van der Waals surface area contributed by atoms with E-state index in [9.17, 15) is 4.79 Å². The number of carbonyl (C=O) groups excluding carboxylic acids is 1. The van der Waals surface area contributed by atoms with Gasteiger partial charge >= 0.3 is 6.03 Å². The van der Waals surface area contributed by atoms with Gasteiger partial charge in [0.2, 0.25) is 0 Å². The third-order valence-corrected chi connectivity index (χ3v) is 4.79. The second kappa shape index (κ2) is 8.58. The molecule has 0 radical (unpaired) electrons. The van der Waals surface area contributed by atoms with Crippen molar-refractivity contribution in [3.8, 4) is 5.69 Å². The van der Waals surface area contributed by atoms with Gasteiger partial charge in [0, 0.05) is 41.9 Å². The Hall–Kier alpha value is -3.64. The summed E-state index contributed by atoms with van der Waals surface area (Å²) in [4.78, 5) is 16.2. The first-order chi connectivity index (χ1) is 14.2. The van der Waals surface area contributed by atoms with Crippen LogP contribution in [0.5, 0.6) is 0 Å². The first-order valence-electron chi connectivity index (χ1n) is 9.58. The smallest absolute Gasteiger partial charge is 0.319 e. The summed E-state index contributed by atoms with van der Waals surface area (Å²) in [6.07, 6.45) is 6.41. The summed E-state index contributed by atoms with van der Waals surface area (Å²) in [5, 5.41) is 6.90. The van der Waals surface area contributed by atoms with Crippen molar-refractivity contribution < 1.29 is 4.79 Å². The number of carbonyl (C=O) groups is 1. The molecule has 0 saturated carbocycles. The van der Waals surface area contributed by atoms with Crippen molar-refractivity contribution in [2.75, 3.05) is 11.9 Å². The molecule has 0 aliphatic carbocycles. The zero-order chi connectivity index (χ0) is 20.1. The molecule has 4 aromatic rings. The molecule has 2 amide bonds. The first kappa shape index (κ1) is 18.7. The van der Waals surface area contributed by atoms with Gasteiger partial charge in [-0.3, -0.25) is 4.98 Å². The number of aromatic nitrogens is 2. The van der Waals surface area contributed by atoms with E-state index >= 15 is 0 Å². The molecule has 2 aromatic heterocycles. The summed E-state index contributed by atoms with van der Waals surface area (Å²) in [6.45, 7) is 1.04. The minimum Gasteiger partial charge on any atom is -0.334 e. The summed E-state index contributed by atoms with van der Waals surface area (Å²) >= 11 is 0. The molecule has 0 spiro atoms. The third-order valence-electron chi connectivity index (χ3n) is 4.79. The molecule has 6 heteroatoms. The Morgan fingerprint density at radius 2 is 1.86 bits per heavy atom. The predicted octanol–water partition coefficient (Wildman–Crippen LogP) is 3.85. The van der Waals surface area contributed by atoms with Gasteiger partial charge in [-0.15, -0.1) is 0 Å².